The third-order valence-electron chi connectivity index (χ3n) is 6.75. The van der Waals surface area contributed by atoms with Gasteiger partial charge in [0.05, 0.1) is 12.7 Å². The number of ketones is 1. The molecule has 4 rings (SSSR count). The molecule has 2 aromatic rings. The predicted octanol–water partition coefficient (Wildman–Crippen LogP) is 5.12. The molecule has 0 atom stereocenters. The van der Waals surface area contributed by atoms with Gasteiger partial charge in [-0.2, -0.15) is 0 Å². The molecule has 0 amide bonds. The van der Waals surface area contributed by atoms with Crippen molar-refractivity contribution in [3.05, 3.63) is 46.5 Å². The van der Waals surface area contributed by atoms with Gasteiger partial charge in [0.1, 0.15) is 11.5 Å². The molecule has 0 aromatic heterocycles. The standard InChI is InChI=1S/C26H34N2O3/c1-16(2)21-22-24(31-26(5,6)25(22)29)18(4)17(3)23(21)28-14-12-27(13-15-28)19-8-10-20(30-7)11-9-19/h8-11,16H,12-15H2,1-7H3. The SMILES string of the molecule is COc1ccc(N2CCN(c3c(C)c(C)c4c(c3C(C)C)C(=O)C(C)(C)O4)CC2)cc1. The quantitative estimate of drug-likeness (QED) is 0.684. The van der Waals surface area contributed by atoms with E-state index in [0.29, 0.717) is 0 Å². The van der Waals surface area contributed by atoms with Crippen LogP contribution in [0.2, 0.25) is 0 Å². The molecule has 0 N–H and O–H groups in total. The van der Waals surface area contributed by atoms with Crippen LogP contribution in [0.4, 0.5) is 11.4 Å². The van der Waals surface area contributed by atoms with Crippen molar-refractivity contribution in [3.63, 3.8) is 0 Å². The molecular formula is C26H34N2O3. The van der Waals surface area contributed by atoms with E-state index >= 15 is 0 Å². The second-order valence-electron chi connectivity index (χ2n) is 9.48. The fraction of sp³-hybridized carbons (Fsp3) is 0.500. The first-order valence-corrected chi connectivity index (χ1v) is 11.2. The zero-order valence-corrected chi connectivity index (χ0v) is 19.8. The number of nitrogens with zero attached hydrogens (tertiary/aromatic N) is 2. The van der Waals surface area contributed by atoms with E-state index < -0.39 is 5.60 Å². The molecule has 5 nitrogen and oxygen atoms in total. The summed E-state index contributed by atoms with van der Waals surface area (Å²) >= 11 is 0. The van der Waals surface area contributed by atoms with Crippen LogP contribution in [0.25, 0.3) is 0 Å². The van der Waals surface area contributed by atoms with E-state index in [1.165, 1.54) is 16.9 Å². The van der Waals surface area contributed by atoms with Gasteiger partial charge in [-0.05, 0) is 74.6 Å². The number of Topliss-reactive ketones (excluding diaryl/α,β-unsaturated/α-hetero) is 1. The topological polar surface area (TPSA) is 42.0 Å². The van der Waals surface area contributed by atoms with Gasteiger partial charge in [0.25, 0.3) is 0 Å². The maximum absolute atomic E-state index is 13.3. The number of benzene rings is 2. The lowest BCUT2D eigenvalue weighted by atomic mass is 9.85. The van der Waals surface area contributed by atoms with Crippen LogP contribution >= 0.6 is 0 Å². The number of fused-ring (bicyclic) bond motifs is 1. The second-order valence-corrected chi connectivity index (χ2v) is 9.48. The van der Waals surface area contributed by atoms with Gasteiger partial charge in [-0.1, -0.05) is 13.8 Å². The summed E-state index contributed by atoms with van der Waals surface area (Å²) in [4.78, 5) is 18.2. The van der Waals surface area contributed by atoms with Gasteiger partial charge in [0, 0.05) is 37.6 Å². The van der Waals surface area contributed by atoms with Crippen molar-refractivity contribution in [3.8, 4) is 11.5 Å². The Kier molecular flexibility index (Phi) is 5.40. The van der Waals surface area contributed by atoms with Crippen LogP contribution < -0.4 is 19.3 Å². The lowest BCUT2D eigenvalue weighted by Gasteiger charge is -2.40. The molecule has 5 heteroatoms. The largest absolute Gasteiger partial charge is 0.497 e. The minimum atomic E-state index is -0.797. The Labute approximate surface area is 185 Å². The number of rotatable bonds is 4. The van der Waals surface area contributed by atoms with Crippen molar-refractivity contribution in [1.82, 2.24) is 0 Å². The van der Waals surface area contributed by atoms with Gasteiger partial charge >= 0.3 is 0 Å². The summed E-state index contributed by atoms with van der Waals surface area (Å²) in [7, 11) is 1.69. The summed E-state index contributed by atoms with van der Waals surface area (Å²) in [5.41, 5.74) is 5.92. The molecule has 166 valence electrons. The Morgan fingerprint density at radius 1 is 0.968 bits per heavy atom. The molecule has 1 fully saturated rings. The lowest BCUT2D eigenvalue weighted by Crippen LogP contribution is -2.47. The van der Waals surface area contributed by atoms with Gasteiger partial charge in [0.2, 0.25) is 5.78 Å². The molecule has 2 aromatic carbocycles. The minimum absolute atomic E-state index is 0.104. The molecular weight excluding hydrogens is 388 g/mol. The second kappa shape index (κ2) is 7.77. The first-order chi connectivity index (χ1) is 14.7. The summed E-state index contributed by atoms with van der Waals surface area (Å²) in [6.07, 6.45) is 0. The van der Waals surface area contributed by atoms with E-state index in [2.05, 4.69) is 49.6 Å². The van der Waals surface area contributed by atoms with Crippen molar-refractivity contribution in [2.75, 3.05) is 43.1 Å². The van der Waals surface area contributed by atoms with Gasteiger partial charge in [-0.3, -0.25) is 4.79 Å². The molecule has 0 spiro atoms. The van der Waals surface area contributed by atoms with E-state index in [4.69, 9.17) is 9.47 Å². The average Bonchev–Trinajstić information content (AvgIpc) is 3.00. The molecule has 2 heterocycles. The molecule has 0 saturated carbocycles. The first kappa shape index (κ1) is 21.5. The Hall–Kier alpha value is -2.69. The number of piperazine rings is 1. The van der Waals surface area contributed by atoms with Crippen molar-refractivity contribution in [2.24, 2.45) is 0 Å². The fourth-order valence-corrected chi connectivity index (χ4v) is 4.88. The Bertz CT molecular complexity index is 1000. The predicted molar refractivity (Wildman–Crippen MR) is 126 cm³/mol. The molecule has 1 saturated heterocycles. The summed E-state index contributed by atoms with van der Waals surface area (Å²) < 4.78 is 11.4. The van der Waals surface area contributed by atoms with Crippen LogP contribution in [0.1, 0.15) is 60.7 Å². The molecule has 0 aliphatic carbocycles. The van der Waals surface area contributed by atoms with E-state index in [0.717, 1.165) is 54.4 Å². The Morgan fingerprint density at radius 2 is 1.55 bits per heavy atom. The Balaban J connectivity index is 1.67. The van der Waals surface area contributed by atoms with Crippen LogP contribution in [0.3, 0.4) is 0 Å². The third kappa shape index (κ3) is 3.54. The van der Waals surface area contributed by atoms with Crippen molar-refractivity contribution < 1.29 is 14.3 Å². The molecule has 31 heavy (non-hydrogen) atoms. The third-order valence-corrected chi connectivity index (χ3v) is 6.75. The number of carbonyl (C=O) groups excluding carboxylic acids is 1. The van der Waals surface area contributed by atoms with Gasteiger partial charge in [0.15, 0.2) is 5.60 Å². The summed E-state index contributed by atoms with van der Waals surface area (Å²) in [6, 6.07) is 8.27. The summed E-state index contributed by atoms with van der Waals surface area (Å²) in [5, 5.41) is 0. The first-order valence-electron chi connectivity index (χ1n) is 11.2. The highest BCUT2D eigenvalue weighted by Crippen LogP contribution is 2.48. The highest BCUT2D eigenvalue weighted by Gasteiger charge is 2.44. The molecule has 2 aliphatic rings. The zero-order valence-electron chi connectivity index (χ0n) is 19.8. The lowest BCUT2D eigenvalue weighted by molar-refractivity contribution is 0.0682. The maximum Gasteiger partial charge on any atom is 0.209 e. The highest BCUT2D eigenvalue weighted by atomic mass is 16.5. The van der Waals surface area contributed by atoms with Gasteiger partial charge in [-0.15, -0.1) is 0 Å². The van der Waals surface area contributed by atoms with Crippen LogP contribution in [0, 0.1) is 13.8 Å². The molecule has 0 unspecified atom stereocenters. The molecule has 2 aliphatic heterocycles. The van der Waals surface area contributed by atoms with E-state index in [1.54, 1.807) is 7.11 Å². The van der Waals surface area contributed by atoms with E-state index in [-0.39, 0.29) is 11.7 Å². The summed E-state index contributed by atoms with van der Waals surface area (Å²) in [5.74, 6) is 2.01. The van der Waals surface area contributed by atoms with E-state index in [1.807, 2.05) is 26.0 Å². The highest BCUT2D eigenvalue weighted by molar-refractivity contribution is 6.10. The summed E-state index contributed by atoms with van der Waals surface area (Å²) in [6.45, 7) is 16.1. The fourth-order valence-electron chi connectivity index (χ4n) is 4.88. The van der Waals surface area contributed by atoms with Gasteiger partial charge in [-0.25, -0.2) is 0 Å². The number of carbonyl (C=O) groups is 1. The monoisotopic (exact) mass is 422 g/mol. The number of hydrogen-bond donors (Lipinski definition) is 0. The Morgan fingerprint density at radius 3 is 2.10 bits per heavy atom. The smallest absolute Gasteiger partial charge is 0.209 e. The van der Waals surface area contributed by atoms with Crippen LogP contribution in [-0.2, 0) is 0 Å². The maximum atomic E-state index is 13.3. The normalized spacial score (nSPS) is 17.7. The zero-order chi connectivity index (χ0) is 22.5. The number of methoxy groups -OCH3 is 1. The molecule has 0 radical (unpaired) electrons. The molecule has 0 bridgehead atoms. The number of ether oxygens (including phenoxy) is 2. The average molecular weight is 423 g/mol. The number of anilines is 2. The van der Waals surface area contributed by atoms with Crippen LogP contribution in [0.15, 0.2) is 24.3 Å². The van der Waals surface area contributed by atoms with Crippen LogP contribution in [-0.4, -0.2) is 44.7 Å². The number of hydrogen-bond acceptors (Lipinski definition) is 5. The minimum Gasteiger partial charge on any atom is -0.497 e. The van der Waals surface area contributed by atoms with Crippen molar-refractivity contribution >= 4 is 17.2 Å². The van der Waals surface area contributed by atoms with Crippen molar-refractivity contribution in [1.29, 1.82) is 0 Å². The van der Waals surface area contributed by atoms with Gasteiger partial charge < -0.3 is 19.3 Å². The van der Waals surface area contributed by atoms with Crippen molar-refractivity contribution in [2.45, 2.75) is 53.1 Å². The van der Waals surface area contributed by atoms with Crippen LogP contribution in [0.5, 0.6) is 11.5 Å². The van der Waals surface area contributed by atoms with E-state index in [9.17, 15) is 4.79 Å².